The van der Waals surface area contributed by atoms with Crippen molar-refractivity contribution in [3.8, 4) is 0 Å². The van der Waals surface area contributed by atoms with E-state index in [-0.39, 0.29) is 11.7 Å². The predicted octanol–water partition coefficient (Wildman–Crippen LogP) is 1.97. The van der Waals surface area contributed by atoms with Gasteiger partial charge in [0.25, 0.3) is 0 Å². The highest BCUT2D eigenvalue weighted by Crippen LogP contribution is 2.56. The maximum absolute atomic E-state index is 14.7. The van der Waals surface area contributed by atoms with Crippen LogP contribution in [0.1, 0.15) is 0 Å². The molecule has 26 heavy (non-hydrogen) atoms. The minimum absolute atomic E-state index is 0.0547. The van der Waals surface area contributed by atoms with Crippen LogP contribution in [0.25, 0.3) is 0 Å². The van der Waals surface area contributed by atoms with Crippen LogP contribution in [-0.4, -0.2) is 60.0 Å². The average molecular weight is 414 g/mol. The quantitative estimate of drug-likeness (QED) is 0.506. The fourth-order valence-corrected chi connectivity index (χ4v) is 3.68. The molecule has 0 radical (unpaired) electrons. The molecule has 0 saturated carbocycles. The van der Waals surface area contributed by atoms with E-state index in [2.05, 4.69) is 20.6 Å². The normalized spacial score (nSPS) is 32.9. The third-order valence-corrected chi connectivity index (χ3v) is 6.00. The molecule has 4 atom stereocenters. The summed E-state index contributed by atoms with van der Waals surface area (Å²) < 4.78 is 55.9. The number of halogens is 3. The van der Waals surface area contributed by atoms with Crippen molar-refractivity contribution >= 4 is 25.0 Å². The van der Waals surface area contributed by atoms with Gasteiger partial charge in [-0.1, -0.05) is 6.58 Å². The number of aliphatic hydroxyl groups excluding tert-OH is 1. The van der Waals surface area contributed by atoms with Gasteiger partial charge in [0.2, 0.25) is 5.57 Å². The molecule has 2 aliphatic rings. The lowest BCUT2D eigenvalue weighted by Crippen LogP contribution is -2.42. The third kappa shape index (κ3) is 3.58. The van der Waals surface area contributed by atoms with Crippen molar-refractivity contribution in [2.45, 2.75) is 24.1 Å². The second-order valence-electron chi connectivity index (χ2n) is 5.49. The van der Waals surface area contributed by atoms with Crippen LogP contribution in [0.2, 0.25) is 0 Å². The number of aliphatic hydroxyl groups is 1. The van der Waals surface area contributed by atoms with Crippen molar-refractivity contribution in [1.82, 2.24) is 4.90 Å². The Morgan fingerprint density at radius 2 is 2.27 bits per heavy atom. The van der Waals surface area contributed by atoms with E-state index in [4.69, 9.17) is 22.1 Å². The molecule has 0 spiro atoms. The topological polar surface area (TPSA) is 107 Å². The van der Waals surface area contributed by atoms with Crippen LogP contribution in [0.4, 0.5) is 8.78 Å². The van der Waals surface area contributed by atoms with E-state index < -0.39 is 43.1 Å². The number of nitrogens with two attached hydrogens (primary N) is 1. The molecule has 0 aromatic rings. The molecule has 0 bridgehead atoms. The van der Waals surface area contributed by atoms with Gasteiger partial charge in [0.15, 0.2) is 12.4 Å². The van der Waals surface area contributed by atoms with E-state index >= 15 is 0 Å². The summed E-state index contributed by atoms with van der Waals surface area (Å²) in [4.78, 5) is 5.05. The van der Waals surface area contributed by atoms with Crippen molar-refractivity contribution in [2.75, 3.05) is 20.1 Å². The summed E-state index contributed by atoms with van der Waals surface area (Å²) in [7, 11) is -2.31. The van der Waals surface area contributed by atoms with Crippen LogP contribution >= 0.6 is 19.2 Å². The van der Waals surface area contributed by atoms with Crippen LogP contribution in [0.3, 0.4) is 0 Å². The minimum atomic E-state index is -4.26. The molecular weight excluding hydrogens is 395 g/mol. The lowest BCUT2D eigenvalue weighted by Gasteiger charge is -2.31. The van der Waals surface area contributed by atoms with E-state index in [0.717, 1.165) is 14.2 Å². The van der Waals surface area contributed by atoms with Gasteiger partial charge in [-0.2, -0.15) is 4.39 Å². The second kappa shape index (κ2) is 7.75. The maximum atomic E-state index is 14.7. The second-order valence-corrected chi connectivity index (χ2v) is 7.91. The van der Waals surface area contributed by atoms with Gasteiger partial charge in [-0.05, 0) is 12.2 Å². The average Bonchev–Trinajstić information content (AvgIpc) is 2.86. The Balaban J connectivity index is 2.38. The van der Waals surface area contributed by atoms with E-state index in [9.17, 15) is 18.5 Å². The SMILES string of the molecule is C=C1N=C(N)C=CN1[C@@H]1O[C@@](/C=C(/F)P(=O)(OC)OC)(CCl)[C@@H](O)[C@H]1F. The zero-order valence-electron chi connectivity index (χ0n) is 14.0. The molecule has 146 valence electrons. The molecule has 0 aromatic carbocycles. The van der Waals surface area contributed by atoms with Gasteiger partial charge >= 0.3 is 7.60 Å². The van der Waals surface area contributed by atoms with Gasteiger partial charge in [0, 0.05) is 20.4 Å². The number of ether oxygens (including phenoxy) is 1. The molecule has 12 heteroatoms. The number of aliphatic imine (C=N–C) groups is 1. The Kier molecular flexibility index (Phi) is 6.27. The highest BCUT2D eigenvalue weighted by molar-refractivity contribution is 7.58. The molecule has 2 heterocycles. The highest BCUT2D eigenvalue weighted by atomic mass is 35.5. The van der Waals surface area contributed by atoms with Crippen molar-refractivity contribution in [1.29, 1.82) is 0 Å². The number of nitrogens with zero attached hydrogens (tertiary/aromatic N) is 2. The summed E-state index contributed by atoms with van der Waals surface area (Å²) in [5, 5.41) is 10.3. The molecule has 0 aromatic heterocycles. The fraction of sp³-hybridized carbons (Fsp3) is 0.500. The van der Waals surface area contributed by atoms with E-state index in [1.807, 2.05) is 0 Å². The zero-order valence-corrected chi connectivity index (χ0v) is 15.7. The first-order valence-corrected chi connectivity index (χ1v) is 9.38. The molecular formula is C14H19ClF2N3O5P. The molecule has 2 rings (SSSR count). The van der Waals surface area contributed by atoms with Gasteiger partial charge in [-0.3, -0.25) is 4.57 Å². The van der Waals surface area contributed by atoms with Gasteiger partial charge in [0.1, 0.15) is 23.4 Å². The first kappa shape index (κ1) is 21.0. The van der Waals surface area contributed by atoms with Crippen LogP contribution < -0.4 is 5.73 Å². The standard InChI is InChI=1S/C14H19ClF2N3O5P/c1-8-19-10(18)4-5-20(8)13-11(17)12(21)14(7-15,25-13)6-9(16)26(22,23-2)24-3/h4-6,11-13,21H,1,7H2,2-3H3,(H2,18,19)/b9-6-/t11-,12+,13-,14+/m1/s1. The van der Waals surface area contributed by atoms with Gasteiger partial charge in [-0.15, -0.1) is 11.6 Å². The molecule has 1 saturated heterocycles. The van der Waals surface area contributed by atoms with Gasteiger partial charge in [0.05, 0.1) is 5.88 Å². The lowest BCUT2D eigenvalue weighted by molar-refractivity contribution is -0.0733. The Labute approximate surface area is 154 Å². The zero-order chi connectivity index (χ0) is 19.7. The number of hydrogen-bond acceptors (Lipinski definition) is 8. The Morgan fingerprint density at radius 3 is 2.77 bits per heavy atom. The molecule has 0 amide bonds. The number of hydrogen-bond donors (Lipinski definition) is 2. The van der Waals surface area contributed by atoms with E-state index in [1.54, 1.807) is 0 Å². The van der Waals surface area contributed by atoms with Crippen molar-refractivity contribution in [3.05, 3.63) is 36.3 Å². The van der Waals surface area contributed by atoms with Crippen LogP contribution in [-0.2, 0) is 18.3 Å². The number of amidine groups is 1. The first-order chi connectivity index (χ1) is 12.1. The summed E-state index contributed by atoms with van der Waals surface area (Å²) >= 11 is 5.83. The summed E-state index contributed by atoms with van der Waals surface area (Å²) in [6.45, 7) is 3.62. The number of alkyl halides is 2. The molecule has 2 aliphatic heterocycles. The smallest absolute Gasteiger partial charge is 0.386 e. The van der Waals surface area contributed by atoms with Crippen molar-refractivity contribution in [2.24, 2.45) is 10.7 Å². The van der Waals surface area contributed by atoms with Crippen LogP contribution in [0, 0.1) is 0 Å². The summed E-state index contributed by atoms with van der Waals surface area (Å²) in [6.07, 6.45) is -1.97. The van der Waals surface area contributed by atoms with Gasteiger partial charge < -0.3 is 29.5 Å². The molecule has 0 unspecified atom stereocenters. The lowest BCUT2D eigenvalue weighted by atomic mass is 9.98. The Hall–Kier alpha value is -1.29. The van der Waals surface area contributed by atoms with Gasteiger partial charge in [-0.25, -0.2) is 9.38 Å². The molecule has 1 fully saturated rings. The largest absolute Gasteiger partial charge is 0.388 e. The monoisotopic (exact) mass is 413 g/mol. The van der Waals surface area contributed by atoms with Crippen molar-refractivity contribution in [3.63, 3.8) is 0 Å². The highest BCUT2D eigenvalue weighted by Gasteiger charge is 2.57. The summed E-state index contributed by atoms with van der Waals surface area (Å²) in [6, 6.07) is 0. The summed E-state index contributed by atoms with van der Waals surface area (Å²) in [5.41, 5.74) is 2.13. The third-order valence-electron chi connectivity index (χ3n) is 3.97. The van der Waals surface area contributed by atoms with Crippen molar-refractivity contribution < 1.29 is 32.2 Å². The number of rotatable bonds is 6. The Morgan fingerprint density at radius 1 is 1.65 bits per heavy atom. The Bertz CT molecular complexity index is 711. The molecule has 0 aliphatic carbocycles. The fourth-order valence-electron chi connectivity index (χ4n) is 2.51. The van der Waals surface area contributed by atoms with Crippen LogP contribution in [0.5, 0.6) is 0 Å². The summed E-state index contributed by atoms with van der Waals surface area (Å²) in [5.74, 6) is -0.337. The molecule has 3 N–H and O–H groups in total. The van der Waals surface area contributed by atoms with E-state index in [0.29, 0.717) is 6.08 Å². The molecule has 8 nitrogen and oxygen atoms in total. The maximum Gasteiger partial charge on any atom is 0.388 e. The van der Waals surface area contributed by atoms with Crippen LogP contribution in [0.15, 0.2) is 41.3 Å². The minimum Gasteiger partial charge on any atom is -0.386 e. The predicted molar refractivity (Wildman–Crippen MR) is 91.8 cm³/mol. The first-order valence-electron chi connectivity index (χ1n) is 7.30. The van der Waals surface area contributed by atoms with E-state index in [1.165, 1.54) is 17.2 Å².